The molecule has 9 N–H and O–H groups in total. The van der Waals surface area contributed by atoms with E-state index in [1.54, 1.807) is 0 Å². The Hall–Kier alpha value is -1.44. The first-order valence-electron chi connectivity index (χ1n) is 9.57. The molecular formula is C13H22N5O15P3. The van der Waals surface area contributed by atoms with Crippen molar-refractivity contribution in [1.29, 1.82) is 0 Å². The molecule has 2 aromatic heterocycles. The van der Waals surface area contributed by atoms with Gasteiger partial charge in [0.25, 0.3) is 0 Å². The molecule has 1 saturated heterocycles. The Bertz CT molecular complexity index is 1190. The zero-order valence-corrected chi connectivity index (χ0v) is 20.5. The fourth-order valence-electron chi connectivity index (χ4n) is 3.22. The number of nitrogens with zero attached hydrogens (tertiary/aromatic N) is 4. The number of nitrogen functional groups attached to an aromatic ring is 1. The highest BCUT2D eigenvalue weighted by Crippen LogP contribution is 2.45. The first-order chi connectivity index (χ1) is 16.5. The Labute approximate surface area is 200 Å². The van der Waals surface area contributed by atoms with Crippen LogP contribution in [0, 0.1) is 0 Å². The Morgan fingerprint density at radius 1 is 1.06 bits per heavy atom. The number of aliphatic hydroxyl groups excluding tert-OH is 1. The Kier molecular flexibility index (Phi) is 9.00. The van der Waals surface area contributed by atoms with Crippen molar-refractivity contribution in [2.24, 2.45) is 0 Å². The predicted molar refractivity (Wildman–Crippen MR) is 112 cm³/mol. The number of phosphoric acid groups is 3. The fourth-order valence-corrected chi connectivity index (χ4v) is 4.85. The maximum Gasteiger partial charge on any atom is 0.470 e. The standard InChI is InChI=1S/C13H22N5O15P3/c14-11-8-12(16-4-15-11)18(5-17-8)1-6(31-34(20,21)22)2-29-13-9(19)10(33-36(26,27)28)7(3-30-13)32-35(23,24)25/h4-7,9-10,13,19H,1-3H2,(H2,14,15,16)(H2,20,21,22)(H2,23,24,25)(H2,26,27,28)/t6-,7+,9+,10-,13-/m0/s1. The van der Waals surface area contributed by atoms with E-state index >= 15 is 0 Å². The third kappa shape index (κ3) is 8.29. The highest BCUT2D eigenvalue weighted by Gasteiger charge is 2.47. The van der Waals surface area contributed by atoms with Gasteiger partial charge >= 0.3 is 23.5 Å². The highest BCUT2D eigenvalue weighted by atomic mass is 31.2. The summed E-state index contributed by atoms with van der Waals surface area (Å²) in [5.74, 6) is 0.0457. The van der Waals surface area contributed by atoms with Gasteiger partial charge in [0.2, 0.25) is 0 Å². The molecule has 204 valence electrons. The second-order valence-corrected chi connectivity index (χ2v) is 10.8. The van der Waals surface area contributed by atoms with Gasteiger partial charge in [-0.1, -0.05) is 0 Å². The van der Waals surface area contributed by atoms with Gasteiger partial charge in [0.15, 0.2) is 17.8 Å². The molecule has 3 heterocycles. The molecule has 5 atom stereocenters. The van der Waals surface area contributed by atoms with E-state index in [-0.39, 0.29) is 23.5 Å². The van der Waals surface area contributed by atoms with E-state index < -0.39 is 67.4 Å². The number of phosphoric ester groups is 3. The van der Waals surface area contributed by atoms with Crippen molar-refractivity contribution in [2.75, 3.05) is 18.9 Å². The van der Waals surface area contributed by atoms with Crippen molar-refractivity contribution in [1.82, 2.24) is 19.5 Å². The zero-order valence-electron chi connectivity index (χ0n) is 17.8. The van der Waals surface area contributed by atoms with Crippen molar-refractivity contribution in [3.8, 4) is 0 Å². The third-order valence-electron chi connectivity index (χ3n) is 4.50. The van der Waals surface area contributed by atoms with E-state index in [0.29, 0.717) is 0 Å². The summed E-state index contributed by atoms with van der Waals surface area (Å²) in [5.41, 5.74) is 6.10. The summed E-state index contributed by atoms with van der Waals surface area (Å²) in [4.78, 5) is 66.5. The molecule has 1 fully saturated rings. The molecule has 0 bridgehead atoms. The van der Waals surface area contributed by atoms with Crippen LogP contribution in [0.4, 0.5) is 5.82 Å². The molecule has 1 aliphatic rings. The number of hydrogen-bond donors (Lipinski definition) is 8. The van der Waals surface area contributed by atoms with Crippen molar-refractivity contribution in [3.63, 3.8) is 0 Å². The number of anilines is 1. The molecule has 0 aliphatic carbocycles. The van der Waals surface area contributed by atoms with Gasteiger partial charge in [-0.05, 0) is 0 Å². The van der Waals surface area contributed by atoms with Gasteiger partial charge in [0.05, 0.1) is 26.1 Å². The van der Waals surface area contributed by atoms with Crippen LogP contribution in [0.2, 0.25) is 0 Å². The summed E-state index contributed by atoms with van der Waals surface area (Å²) in [5, 5.41) is 10.4. The number of nitrogens with two attached hydrogens (primary N) is 1. The summed E-state index contributed by atoms with van der Waals surface area (Å²) in [6, 6.07) is 0. The van der Waals surface area contributed by atoms with Crippen LogP contribution in [0.1, 0.15) is 0 Å². The molecule has 0 aromatic carbocycles. The number of aliphatic hydroxyl groups is 1. The lowest BCUT2D eigenvalue weighted by molar-refractivity contribution is -0.269. The highest BCUT2D eigenvalue weighted by molar-refractivity contribution is 7.46. The third-order valence-corrected chi connectivity index (χ3v) is 6.14. The molecule has 0 radical (unpaired) electrons. The van der Waals surface area contributed by atoms with Gasteiger partial charge in [-0.2, -0.15) is 0 Å². The minimum absolute atomic E-state index is 0.0457. The molecule has 0 saturated carbocycles. The van der Waals surface area contributed by atoms with Crippen LogP contribution in [0.25, 0.3) is 11.2 Å². The molecule has 0 unspecified atom stereocenters. The first-order valence-corrected chi connectivity index (χ1v) is 14.2. The van der Waals surface area contributed by atoms with Gasteiger partial charge in [0.1, 0.15) is 36.3 Å². The summed E-state index contributed by atoms with van der Waals surface area (Å²) in [6.07, 6.45) is -6.74. The summed E-state index contributed by atoms with van der Waals surface area (Å²) >= 11 is 0. The van der Waals surface area contributed by atoms with Crippen molar-refractivity contribution in [2.45, 2.75) is 37.3 Å². The fraction of sp³-hybridized carbons (Fsp3) is 0.615. The van der Waals surface area contributed by atoms with Crippen LogP contribution in [-0.4, -0.2) is 97.9 Å². The lowest BCUT2D eigenvalue weighted by Gasteiger charge is -2.39. The van der Waals surface area contributed by atoms with Gasteiger partial charge in [-0.3, -0.25) is 13.6 Å². The number of imidazole rings is 1. The quantitative estimate of drug-likeness (QED) is 0.128. The Balaban J connectivity index is 1.75. The summed E-state index contributed by atoms with van der Waals surface area (Å²) in [7, 11) is -15.6. The summed E-state index contributed by atoms with van der Waals surface area (Å²) in [6.45, 7) is -1.75. The molecule has 23 heteroatoms. The molecule has 3 rings (SSSR count). The molecule has 1 aliphatic heterocycles. The van der Waals surface area contributed by atoms with E-state index in [1.165, 1.54) is 10.9 Å². The Morgan fingerprint density at radius 2 is 1.72 bits per heavy atom. The number of fused-ring (bicyclic) bond motifs is 1. The van der Waals surface area contributed by atoms with Crippen LogP contribution in [-0.2, 0) is 43.3 Å². The maximum absolute atomic E-state index is 11.5. The molecule has 20 nitrogen and oxygen atoms in total. The van der Waals surface area contributed by atoms with Gasteiger partial charge in [-0.15, -0.1) is 0 Å². The van der Waals surface area contributed by atoms with Gasteiger partial charge in [-0.25, -0.2) is 28.6 Å². The number of hydrogen-bond acceptors (Lipinski definition) is 13. The van der Waals surface area contributed by atoms with E-state index in [1.807, 2.05) is 0 Å². The molecule has 36 heavy (non-hydrogen) atoms. The van der Waals surface area contributed by atoms with Crippen LogP contribution >= 0.6 is 23.5 Å². The molecule has 0 spiro atoms. The zero-order chi connectivity index (χ0) is 26.9. The van der Waals surface area contributed by atoms with E-state index in [2.05, 4.69) is 24.0 Å². The Morgan fingerprint density at radius 3 is 2.33 bits per heavy atom. The van der Waals surface area contributed by atoms with Crippen molar-refractivity contribution >= 4 is 40.4 Å². The minimum atomic E-state index is -5.30. The van der Waals surface area contributed by atoms with Gasteiger partial charge in [0, 0.05) is 0 Å². The molecule has 0 amide bonds. The normalized spacial score (nSPS) is 24.8. The van der Waals surface area contributed by atoms with Crippen LogP contribution in [0.5, 0.6) is 0 Å². The van der Waals surface area contributed by atoms with E-state index in [9.17, 15) is 28.6 Å². The van der Waals surface area contributed by atoms with E-state index in [4.69, 9.17) is 39.3 Å². The minimum Gasteiger partial charge on any atom is -0.385 e. The monoisotopic (exact) mass is 581 g/mol. The lowest BCUT2D eigenvalue weighted by Crippen LogP contribution is -2.55. The van der Waals surface area contributed by atoms with E-state index in [0.717, 1.165) is 6.33 Å². The number of ether oxygens (including phenoxy) is 2. The lowest BCUT2D eigenvalue weighted by atomic mass is 10.1. The summed E-state index contributed by atoms with van der Waals surface area (Å²) < 4.78 is 59.1. The first kappa shape index (κ1) is 29.1. The van der Waals surface area contributed by atoms with Crippen LogP contribution in [0.3, 0.4) is 0 Å². The van der Waals surface area contributed by atoms with Gasteiger partial charge < -0.3 is 54.2 Å². The second-order valence-electron chi connectivity index (χ2n) is 7.27. The van der Waals surface area contributed by atoms with Crippen molar-refractivity contribution in [3.05, 3.63) is 12.7 Å². The average molecular weight is 581 g/mol. The smallest absolute Gasteiger partial charge is 0.385 e. The number of rotatable bonds is 11. The largest absolute Gasteiger partial charge is 0.470 e. The van der Waals surface area contributed by atoms with Crippen LogP contribution < -0.4 is 5.73 Å². The number of aromatic nitrogens is 4. The molecular weight excluding hydrogens is 559 g/mol. The topological polar surface area (TPSA) is 309 Å². The maximum atomic E-state index is 11.5. The molecule has 2 aromatic rings. The van der Waals surface area contributed by atoms with Crippen molar-refractivity contribution < 1.29 is 71.2 Å². The SMILES string of the molecule is Nc1ncnc2c1ncn2C[C@@H](CO[C@H]1OC[C@@H](OP(=O)(O)O)[C@H](OP(=O)(O)O)[C@H]1O)OP(=O)(O)O. The second kappa shape index (κ2) is 11.1. The predicted octanol–water partition coefficient (Wildman–Crippen LogP) is -2.42. The average Bonchev–Trinajstić information content (AvgIpc) is 3.11. The van der Waals surface area contributed by atoms with Crippen LogP contribution in [0.15, 0.2) is 12.7 Å².